The first-order valence-electron chi connectivity index (χ1n) is 8.76. The zero-order chi connectivity index (χ0) is 19.9. The fourth-order valence-electron chi connectivity index (χ4n) is 2.72. The van der Waals surface area contributed by atoms with Crippen LogP contribution in [0.25, 0.3) is 11.6 Å². The van der Waals surface area contributed by atoms with Crippen LogP contribution in [0.3, 0.4) is 0 Å². The number of halogens is 2. The molecule has 1 N–H and O–H groups in total. The van der Waals surface area contributed by atoms with Gasteiger partial charge in [0.05, 0.1) is 12.3 Å². The van der Waals surface area contributed by atoms with Crippen molar-refractivity contribution in [3.8, 4) is 17.3 Å². The first-order valence-corrected chi connectivity index (χ1v) is 8.76. The summed E-state index contributed by atoms with van der Waals surface area (Å²) in [6, 6.07) is 9.36. The number of ether oxygens (including phenoxy) is 1. The van der Waals surface area contributed by atoms with E-state index in [0.717, 1.165) is 0 Å². The third kappa shape index (κ3) is 4.93. The van der Waals surface area contributed by atoms with Gasteiger partial charge in [0.15, 0.2) is 5.76 Å². The van der Waals surface area contributed by atoms with Crippen LogP contribution in [-0.4, -0.2) is 22.7 Å². The maximum absolute atomic E-state index is 12.6. The van der Waals surface area contributed by atoms with Gasteiger partial charge in [-0.3, -0.25) is 4.79 Å². The lowest BCUT2D eigenvalue weighted by Gasteiger charge is -2.20. The lowest BCUT2D eigenvalue weighted by molar-refractivity contribution is -0.121. The summed E-state index contributed by atoms with van der Waals surface area (Å²) in [6.45, 7) is -1.09. The molecule has 7 nitrogen and oxygen atoms in total. The molecular formula is C19H19F2N3O4. The highest BCUT2D eigenvalue weighted by Gasteiger charge is 2.19. The quantitative estimate of drug-likeness (QED) is 0.590. The van der Waals surface area contributed by atoms with Crippen LogP contribution in [0.1, 0.15) is 37.3 Å². The summed E-state index contributed by atoms with van der Waals surface area (Å²) in [7, 11) is 0. The van der Waals surface area contributed by atoms with Crippen molar-refractivity contribution >= 4 is 5.91 Å². The van der Waals surface area contributed by atoms with E-state index >= 15 is 0 Å². The van der Waals surface area contributed by atoms with Crippen molar-refractivity contribution < 1.29 is 27.3 Å². The summed E-state index contributed by atoms with van der Waals surface area (Å²) in [5.74, 6) is 0.864. The lowest BCUT2D eigenvalue weighted by atomic mass is 10.0. The van der Waals surface area contributed by atoms with Crippen LogP contribution in [-0.2, 0) is 11.2 Å². The summed E-state index contributed by atoms with van der Waals surface area (Å²) in [6.07, 6.45) is 2.36. The standard InChI is InChI=1S/C19H19F2N3O4/c1-2-13(12-6-3-4-7-14(12)27-19(20)21)22-16(25)9-10-17-23-18(24-28-17)15-8-5-11-26-15/h3-8,11,13,19H,2,9-10H2,1H3,(H,22,25). The number of para-hydroxylation sites is 1. The fraction of sp³-hybridized carbons (Fsp3) is 0.316. The van der Waals surface area contributed by atoms with E-state index in [1.54, 1.807) is 30.3 Å². The minimum absolute atomic E-state index is 0.0460. The highest BCUT2D eigenvalue weighted by molar-refractivity contribution is 5.76. The minimum Gasteiger partial charge on any atom is -0.461 e. The van der Waals surface area contributed by atoms with E-state index in [-0.39, 0.29) is 24.5 Å². The SMILES string of the molecule is CCC(NC(=O)CCc1nc(-c2ccco2)no1)c1ccccc1OC(F)F. The molecular weight excluding hydrogens is 372 g/mol. The van der Waals surface area contributed by atoms with E-state index in [4.69, 9.17) is 8.94 Å². The summed E-state index contributed by atoms with van der Waals surface area (Å²) >= 11 is 0. The second kappa shape index (κ2) is 9.12. The van der Waals surface area contributed by atoms with E-state index in [2.05, 4.69) is 20.2 Å². The Morgan fingerprint density at radius 2 is 2.07 bits per heavy atom. The Bertz CT molecular complexity index is 896. The zero-order valence-electron chi connectivity index (χ0n) is 15.1. The number of rotatable bonds is 9. The molecule has 3 rings (SSSR count). The van der Waals surface area contributed by atoms with Crippen molar-refractivity contribution in [1.29, 1.82) is 0 Å². The number of nitrogens with zero attached hydrogens (tertiary/aromatic N) is 2. The maximum atomic E-state index is 12.6. The van der Waals surface area contributed by atoms with Crippen molar-refractivity contribution in [2.75, 3.05) is 0 Å². The van der Waals surface area contributed by atoms with Gasteiger partial charge in [0.2, 0.25) is 17.6 Å². The fourth-order valence-corrected chi connectivity index (χ4v) is 2.72. The smallest absolute Gasteiger partial charge is 0.387 e. The second-order valence-corrected chi connectivity index (χ2v) is 5.93. The Labute approximate surface area is 159 Å². The molecule has 0 saturated heterocycles. The molecule has 1 atom stereocenters. The highest BCUT2D eigenvalue weighted by atomic mass is 19.3. The third-order valence-electron chi connectivity index (χ3n) is 4.03. The number of nitrogens with one attached hydrogen (secondary N) is 1. The molecule has 0 aliphatic rings. The van der Waals surface area contributed by atoms with Gasteiger partial charge < -0.3 is 19.0 Å². The molecule has 28 heavy (non-hydrogen) atoms. The molecule has 0 radical (unpaired) electrons. The molecule has 2 aromatic heterocycles. The van der Waals surface area contributed by atoms with E-state index in [1.807, 2.05) is 6.92 Å². The largest absolute Gasteiger partial charge is 0.461 e. The number of hydrogen-bond donors (Lipinski definition) is 1. The number of carbonyl (C=O) groups is 1. The first kappa shape index (κ1) is 19.5. The molecule has 1 amide bonds. The van der Waals surface area contributed by atoms with Crippen LogP contribution in [0.2, 0.25) is 0 Å². The number of carbonyl (C=O) groups excluding carboxylic acids is 1. The van der Waals surface area contributed by atoms with Crippen LogP contribution in [0.5, 0.6) is 5.75 Å². The van der Waals surface area contributed by atoms with Crippen LogP contribution in [0.4, 0.5) is 8.78 Å². The maximum Gasteiger partial charge on any atom is 0.387 e. The lowest BCUT2D eigenvalue weighted by Crippen LogP contribution is -2.28. The number of amides is 1. The molecule has 0 aliphatic heterocycles. The summed E-state index contributed by atoms with van der Waals surface area (Å²) in [4.78, 5) is 16.5. The van der Waals surface area contributed by atoms with Gasteiger partial charge in [-0.15, -0.1) is 0 Å². The van der Waals surface area contributed by atoms with E-state index < -0.39 is 12.7 Å². The van der Waals surface area contributed by atoms with Gasteiger partial charge in [-0.1, -0.05) is 30.3 Å². The molecule has 0 bridgehead atoms. The van der Waals surface area contributed by atoms with Gasteiger partial charge in [0.25, 0.3) is 0 Å². The Hall–Kier alpha value is -3.23. The van der Waals surface area contributed by atoms with E-state index in [9.17, 15) is 13.6 Å². The van der Waals surface area contributed by atoms with Crippen molar-refractivity contribution in [2.24, 2.45) is 0 Å². The van der Waals surface area contributed by atoms with Crippen molar-refractivity contribution in [3.63, 3.8) is 0 Å². The highest BCUT2D eigenvalue weighted by Crippen LogP contribution is 2.28. The molecule has 0 aliphatic carbocycles. The normalized spacial score (nSPS) is 12.1. The predicted octanol–water partition coefficient (Wildman–Crippen LogP) is 4.13. The average molecular weight is 391 g/mol. The Morgan fingerprint density at radius 3 is 2.79 bits per heavy atom. The third-order valence-corrected chi connectivity index (χ3v) is 4.03. The number of benzene rings is 1. The molecule has 2 heterocycles. The number of aromatic nitrogens is 2. The number of alkyl halides is 2. The van der Waals surface area contributed by atoms with Crippen molar-refractivity contribution in [3.05, 3.63) is 54.1 Å². The molecule has 0 saturated carbocycles. The van der Waals surface area contributed by atoms with Gasteiger partial charge in [-0.2, -0.15) is 13.8 Å². The molecule has 148 valence electrons. The van der Waals surface area contributed by atoms with E-state index in [1.165, 1.54) is 12.3 Å². The molecule has 1 unspecified atom stereocenters. The van der Waals surface area contributed by atoms with E-state index in [0.29, 0.717) is 29.5 Å². The molecule has 3 aromatic rings. The Kier molecular flexibility index (Phi) is 6.36. The summed E-state index contributed by atoms with van der Waals surface area (Å²) in [5, 5.41) is 6.63. The summed E-state index contributed by atoms with van der Waals surface area (Å²) < 4.78 is 40.1. The zero-order valence-corrected chi connectivity index (χ0v) is 15.1. The van der Waals surface area contributed by atoms with Crippen LogP contribution >= 0.6 is 0 Å². The molecule has 1 aromatic carbocycles. The number of furan rings is 1. The van der Waals surface area contributed by atoms with Gasteiger partial charge in [-0.05, 0) is 24.6 Å². The molecule has 0 spiro atoms. The Balaban J connectivity index is 1.59. The number of hydrogen-bond acceptors (Lipinski definition) is 6. The van der Waals surface area contributed by atoms with Gasteiger partial charge in [0.1, 0.15) is 5.75 Å². The minimum atomic E-state index is -2.93. The topological polar surface area (TPSA) is 90.4 Å². The number of aryl methyl sites for hydroxylation is 1. The van der Waals surface area contributed by atoms with Gasteiger partial charge >= 0.3 is 6.61 Å². The van der Waals surface area contributed by atoms with Crippen LogP contribution in [0, 0.1) is 0 Å². The first-order chi connectivity index (χ1) is 13.6. The van der Waals surface area contributed by atoms with Crippen molar-refractivity contribution in [2.45, 2.75) is 38.8 Å². The Morgan fingerprint density at radius 1 is 1.25 bits per heavy atom. The second-order valence-electron chi connectivity index (χ2n) is 5.93. The summed E-state index contributed by atoms with van der Waals surface area (Å²) in [5.41, 5.74) is 0.497. The van der Waals surface area contributed by atoms with Crippen LogP contribution < -0.4 is 10.1 Å². The van der Waals surface area contributed by atoms with Gasteiger partial charge in [-0.25, -0.2) is 0 Å². The average Bonchev–Trinajstić information content (AvgIpc) is 3.36. The molecule has 9 heteroatoms. The van der Waals surface area contributed by atoms with Crippen molar-refractivity contribution in [1.82, 2.24) is 15.5 Å². The monoisotopic (exact) mass is 391 g/mol. The predicted molar refractivity (Wildman–Crippen MR) is 94.6 cm³/mol. The van der Waals surface area contributed by atoms with Gasteiger partial charge in [0, 0.05) is 18.4 Å². The van der Waals surface area contributed by atoms with Crippen LogP contribution in [0.15, 0.2) is 51.6 Å². The molecule has 0 fully saturated rings.